The van der Waals surface area contributed by atoms with Crippen molar-refractivity contribution in [1.82, 2.24) is 4.90 Å². The first-order chi connectivity index (χ1) is 11.5. The van der Waals surface area contributed by atoms with Crippen LogP contribution in [-0.2, 0) is 14.3 Å². The normalized spacial score (nSPS) is 12.0. The monoisotopic (exact) mass is 327 g/mol. The van der Waals surface area contributed by atoms with E-state index in [-0.39, 0.29) is 11.7 Å². The van der Waals surface area contributed by atoms with Crippen LogP contribution in [0.2, 0.25) is 0 Å². The van der Waals surface area contributed by atoms with Gasteiger partial charge in [0.05, 0.1) is 0 Å². The lowest BCUT2D eigenvalue weighted by Gasteiger charge is -2.20. The van der Waals surface area contributed by atoms with Crippen LogP contribution >= 0.6 is 0 Å². The molecule has 0 aliphatic carbocycles. The van der Waals surface area contributed by atoms with E-state index in [0.29, 0.717) is 11.1 Å². The number of likely N-dealkylation sites (N-methyl/N-ethyl adjacent to an activating group) is 1. The summed E-state index contributed by atoms with van der Waals surface area (Å²) in [5.74, 6) is -1.33. The summed E-state index contributed by atoms with van der Waals surface area (Å²) in [6.07, 6.45) is 1.71. The second kappa shape index (κ2) is 8.06. The van der Waals surface area contributed by atoms with Gasteiger partial charge in [0, 0.05) is 25.7 Å². The van der Waals surface area contributed by atoms with Gasteiger partial charge in [-0.2, -0.15) is 0 Å². The first kappa shape index (κ1) is 17.4. The van der Waals surface area contributed by atoms with Crippen molar-refractivity contribution >= 4 is 18.0 Å². The average molecular weight is 327 g/mol. The molecule has 0 bridgehead atoms. The van der Waals surface area contributed by atoms with Crippen molar-refractivity contribution in [2.45, 2.75) is 6.10 Å². The number of halogens is 1. The molecule has 24 heavy (non-hydrogen) atoms. The molecule has 2 aromatic rings. The zero-order valence-corrected chi connectivity index (χ0v) is 13.5. The molecule has 4 nitrogen and oxygen atoms in total. The molecular weight excluding hydrogens is 309 g/mol. The minimum Gasteiger partial charge on any atom is -0.444 e. The van der Waals surface area contributed by atoms with E-state index in [0.717, 1.165) is 0 Å². The summed E-state index contributed by atoms with van der Waals surface area (Å²) < 4.78 is 18.2. The molecule has 124 valence electrons. The summed E-state index contributed by atoms with van der Waals surface area (Å²) in [6.45, 7) is 0. The maximum absolute atomic E-state index is 12.9. The highest BCUT2D eigenvalue weighted by molar-refractivity contribution is 5.90. The quantitative estimate of drug-likeness (QED) is 0.626. The van der Waals surface area contributed by atoms with Crippen LogP contribution in [0.5, 0.6) is 0 Å². The van der Waals surface area contributed by atoms with Crippen molar-refractivity contribution in [3.8, 4) is 0 Å². The zero-order chi connectivity index (χ0) is 17.5. The summed E-state index contributed by atoms with van der Waals surface area (Å²) in [6, 6.07) is 14.5. The number of carbonyl (C=O) groups is 2. The van der Waals surface area contributed by atoms with E-state index < -0.39 is 12.1 Å². The maximum Gasteiger partial charge on any atom is 0.331 e. The summed E-state index contributed by atoms with van der Waals surface area (Å²) in [5, 5.41) is 0. The Balaban J connectivity index is 2.12. The van der Waals surface area contributed by atoms with Gasteiger partial charge in [-0.25, -0.2) is 9.18 Å². The predicted molar refractivity (Wildman–Crippen MR) is 89.4 cm³/mol. The lowest BCUT2D eigenvalue weighted by atomic mass is 10.1. The van der Waals surface area contributed by atoms with Gasteiger partial charge in [0.15, 0.2) is 0 Å². The van der Waals surface area contributed by atoms with E-state index in [9.17, 15) is 14.0 Å². The highest BCUT2D eigenvalue weighted by Gasteiger charge is 2.25. The summed E-state index contributed by atoms with van der Waals surface area (Å²) >= 11 is 0. The molecule has 0 unspecified atom stereocenters. The molecule has 2 rings (SSSR count). The fraction of sp³-hybridized carbons (Fsp3) is 0.158. The number of hydrogen-bond donors (Lipinski definition) is 0. The number of benzene rings is 2. The number of amides is 1. The van der Waals surface area contributed by atoms with Crippen LogP contribution in [-0.4, -0.2) is 30.9 Å². The van der Waals surface area contributed by atoms with Gasteiger partial charge in [0.2, 0.25) is 6.10 Å². The van der Waals surface area contributed by atoms with Gasteiger partial charge in [0.1, 0.15) is 5.82 Å². The van der Waals surface area contributed by atoms with E-state index in [1.807, 2.05) is 6.07 Å². The van der Waals surface area contributed by atoms with Crippen molar-refractivity contribution < 1.29 is 18.7 Å². The predicted octanol–water partition coefficient (Wildman–Crippen LogP) is 3.21. The summed E-state index contributed by atoms with van der Waals surface area (Å²) in [5.41, 5.74) is 1.25. The SMILES string of the molecule is CN(C)C(=O)[C@H](OC(=O)/C=C/c1ccc(F)cc1)c1ccccc1. The Hall–Kier alpha value is -2.95. The Morgan fingerprint density at radius 1 is 1.04 bits per heavy atom. The van der Waals surface area contributed by atoms with Crippen LogP contribution < -0.4 is 0 Å². The van der Waals surface area contributed by atoms with Gasteiger partial charge >= 0.3 is 5.97 Å². The van der Waals surface area contributed by atoms with E-state index in [2.05, 4.69) is 0 Å². The Bertz CT molecular complexity index is 724. The molecule has 0 spiro atoms. The molecule has 0 saturated heterocycles. The zero-order valence-electron chi connectivity index (χ0n) is 13.5. The van der Waals surface area contributed by atoms with Crippen LogP contribution in [0.1, 0.15) is 17.2 Å². The van der Waals surface area contributed by atoms with E-state index in [1.54, 1.807) is 50.5 Å². The molecule has 1 amide bonds. The van der Waals surface area contributed by atoms with Crippen molar-refractivity contribution in [2.75, 3.05) is 14.1 Å². The largest absolute Gasteiger partial charge is 0.444 e. The van der Waals surface area contributed by atoms with Crippen molar-refractivity contribution in [3.63, 3.8) is 0 Å². The van der Waals surface area contributed by atoms with Crippen LogP contribution in [0, 0.1) is 5.82 Å². The lowest BCUT2D eigenvalue weighted by Crippen LogP contribution is -2.30. The van der Waals surface area contributed by atoms with Gasteiger partial charge in [0.25, 0.3) is 5.91 Å². The van der Waals surface area contributed by atoms with E-state index >= 15 is 0 Å². The third-order valence-electron chi connectivity index (χ3n) is 3.28. The second-order valence-corrected chi connectivity index (χ2v) is 5.35. The van der Waals surface area contributed by atoms with Crippen molar-refractivity contribution in [3.05, 3.63) is 77.6 Å². The number of rotatable bonds is 5. The third-order valence-corrected chi connectivity index (χ3v) is 3.28. The molecule has 1 atom stereocenters. The standard InChI is InChI=1S/C19H18FNO3/c1-21(2)19(23)18(15-6-4-3-5-7-15)24-17(22)13-10-14-8-11-16(20)12-9-14/h3-13,18H,1-2H3/b13-10+/t18-/m1/s1. The van der Waals surface area contributed by atoms with Gasteiger partial charge in [-0.15, -0.1) is 0 Å². The third kappa shape index (κ3) is 4.78. The molecule has 0 N–H and O–H groups in total. The van der Waals surface area contributed by atoms with Crippen LogP contribution in [0.25, 0.3) is 6.08 Å². The number of hydrogen-bond acceptors (Lipinski definition) is 3. The summed E-state index contributed by atoms with van der Waals surface area (Å²) in [4.78, 5) is 25.7. The average Bonchev–Trinajstić information content (AvgIpc) is 2.59. The molecule has 0 aliphatic rings. The fourth-order valence-corrected chi connectivity index (χ4v) is 2.02. The van der Waals surface area contributed by atoms with Crippen LogP contribution in [0.15, 0.2) is 60.7 Å². The Kier molecular flexibility index (Phi) is 5.84. The van der Waals surface area contributed by atoms with Crippen LogP contribution in [0.3, 0.4) is 0 Å². The molecule has 0 saturated carbocycles. The first-order valence-corrected chi connectivity index (χ1v) is 7.38. The number of nitrogens with zero attached hydrogens (tertiary/aromatic N) is 1. The van der Waals surface area contributed by atoms with Gasteiger partial charge in [-0.3, -0.25) is 4.79 Å². The molecule has 0 radical (unpaired) electrons. The molecule has 0 heterocycles. The van der Waals surface area contributed by atoms with Crippen molar-refractivity contribution in [1.29, 1.82) is 0 Å². The number of esters is 1. The molecule has 0 aromatic heterocycles. The second-order valence-electron chi connectivity index (χ2n) is 5.35. The van der Waals surface area contributed by atoms with Crippen LogP contribution in [0.4, 0.5) is 4.39 Å². The smallest absolute Gasteiger partial charge is 0.331 e. The van der Waals surface area contributed by atoms with Gasteiger partial charge < -0.3 is 9.64 Å². The minimum atomic E-state index is -1.01. The van der Waals surface area contributed by atoms with Gasteiger partial charge in [-0.1, -0.05) is 42.5 Å². The topological polar surface area (TPSA) is 46.6 Å². The first-order valence-electron chi connectivity index (χ1n) is 7.38. The Morgan fingerprint density at radius 3 is 2.25 bits per heavy atom. The maximum atomic E-state index is 12.9. The van der Waals surface area contributed by atoms with Gasteiger partial charge in [-0.05, 0) is 23.8 Å². The Morgan fingerprint density at radius 2 is 1.67 bits per heavy atom. The molecule has 2 aromatic carbocycles. The lowest BCUT2D eigenvalue weighted by molar-refractivity contribution is -0.155. The molecule has 0 aliphatic heterocycles. The summed E-state index contributed by atoms with van der Waals surface area (Å²) in [7, 11) is 3.20. The highest BCUT2D eigenvalue weighted by Crippen LogP contribution is 2.20. The molecule has 5 heteroatoms. The van der Waals surface area contributed by atoms with E-state index in [1.165, 1.54) is 29.2 Å². The minimum absolute atomic E-state index is 0.329. The van der Waals surface area contributed by atoms with Crippen molar-refractivity contribution in [2.24, 2.45) is 0 Å². The Labute approximate surface area is 140 Å². The van der Waals surface area contributed by atoms with E-state index in [4.69, 9.17) is 4.74 Å². The number of ether oxygens (including phenoxy) is 1. The number of carbonyl (C=O) groups excluding carboxylic acids is 2. The molecule has 0 fully saturated rings. The molecular formula is C19H18FNO3. The fourth-order valence-electron chi connectivity index (χ4n) is 2.02. The highest BCUT2D eigenvalue weighted by atomic mass is 19.1.